The van der Waals surface area contributed by atoms with Crippen LogP contribution in [0.4, 0.5) is 0 Å². The monoisotopic (exact) mass is 338 g/mol. The van der Waals surface area contributed by atoms with Crippen LogP contribution in [0.1, 0.15) is 16.9 Å². The molecule has 0 radical (unpaired) electrons. The highest BCUT2D eigenvalue weighted by molar-refractivity contribution is 9.10. The van der Waals surface area contributed by atoms with E-state index in [2.05, 4.69) is 15.9 Å². The highest BCUT2D eigenvalue weighted by atomic mass is 79.9. The van der Waals surface area contributed by atoms with E-state index < -0.39 is 5.97 Å². The van der Waals surface area contributed by atoms with Crippen molar-refractivity contribution in [3.8, 4) is 5.75 Å². The fourth-order valence-electron chi connectivity index (χ4n) is 1.84. The lowest BCUT2D eigenvalue weighted by molar-refractivity contribution is -0.147. The summed E-state index contributed by atoms with van der Waals surface area (Å²) in [5.41, 5.74) is 1.94. The van der Waals surface area contributed by atoms with Crippen molar-refractivity contribution in [2.75, 3.05) is 6.61 Å². The second-order valence-electron chi connectivity index (χ2n) is 4.40. The Kier molecular flexibility index (Phi) is 4.84. The van der Waals surface area contributed by atoms with Crippen LogP contribution in [0.5, 0.6) is 5.75 Å². The number of carbonyl (C=O) groups is 1. The molecule has 0 bridgehead atoms. The zero-order chi connectivity index (χ0) is 14.5. The molecule has 0 N–H and O–H groups in total. The van der Waals surface area contributed by atoms with Crippen molar-refractivity contribution in [3.05, 3.63) is 51.9 Å². The Labute approximate surface area is 125 Å². The van der Waals surface area contributed by atoms with Gasteiger partial charge in [0.1, 0.15) is 18.1 Å². The van der Waals surface area contributed by atoms with Crippen LogP contribution < -0.4 is 4.74 Å². The van der Waals surface area contributed by atoms with E-state index in [1.54, 1.807) is 12.1 Å². The van der Waals surface area contributed by atoms with Gasteiger partial charge in [0.25, 0.3) is 0 Å². The summed E-state index contributed by atoms with van der Waals surface area (Å²) in [6.07, 6.45) is 1.54. The number of aryl methyl sites for hydroxylation is 2. The van der Waals surface area contributed by atoms with E-state index in [1.807, 2.05) is 26.0 Å². The Hall–Kier alpha value is -1.75. The second-order valence-corrected chi connectivity index (χ2v) is 5.31. The maximum atomic E-state index is 11.6. The molecule has 2 aromatic rings. The molecule has 0 fully saturated rings. The summed E-state index contributed by atoms with van der Waals surface area (Å²) < 4.78 is 16.6. The average Bonchev–Trinajstić information content (AvgIpc) is 2.88. The van der Waals surface area contributed by atoms with Gasteiger partial charge in [-0.25, -0.2) is 4.79 Å². The van der Waals surface area contributed by atoms with Gasteiger partial charge in [0, 0.05) is 4.47 Å². The topological polar surface area (TPSA) is 48.7 Å². The van der Waals surface area contributed by atoms with Crippen molar-refractivity contribution in [2.45, 2.75) is 20.5 Å². The molecule has 0 aliphatic rings. The van der Waals surface area contributed by atoms with Gasteiger partial charge in [-0.15, -0.1) is 0 Å². The maximum absolute atomic E-state index is 11.6. The molecular weight excluding hydrogens is 324 g/mol. The third-order valence-electron chi connectivity index (χ3n) is 2.71. The number of ether oxygens (including phenoxy) is 2. The number of hydrogen-bond donors (Lipinski definition) is 0. The van der Waals surface area contributed by atoms with Crippen molar-refractivity contribution < 1.29 is 18.7 Å². The number of halogens is 1. The van der Waals surface area contributed by atoms with E-state index in [4.69, 9.17) is 13.9 Å². The summed E-state index contributed by atoms with van der Waals surface area (Å²) in [7, 11) is 0. The number of esters is 1. The largest absolute Gasteiger partial charge is 0.481 e. The molecule has 0 saturated heterocycles. The molecule has 5 heteroatoms. The van der Waals surface area contributed by atoms with E-state index in [1.165, 1.54) is 6.26 Å². The molecule has 1 aromatic carbocycles. The molecule has 4 nitrogen and oxygen atoms in total. The quantitative estimate of drug-likeness (QED) is 0.778. The number of rotatable bonds is 5. The number of furan rings is 1. The summed E-state index contributed by atoms with van der Waals surface area (Å²) in [4.78, 5) is 11.6. The van der Waals surface area contributed by atoms with E-state index in [0.717, 1.165) is 15.6 Å². The zero-order valence-corrected chi connectivity index (χ0v) is 12.9. The molecule has 0 spiro atoms. The minimum Gasteiger partial charge on any atom is -0.481 e. The fourth-order valence-corrected chi connectivity index (χ4v) is 2.53. The van der Waals surface area contributed by atoms with Crippen molar-refractivity contribution in [2.24, 2.45) is 0 Å². The predicted octanol–water partition coefficient (Wildman–Crippen LogP) is 3.78. The Balaban J connectivity index is 1.87. The lowest BCUT2D eigenvalue weighted by Crippen LogP contribution is -2.15. The van der Waals surface area contributed by atoms with Crippen LogP contribution in [-0.2, 0) is 16.1 Å². The number of benzene rings is 1. The van der Waals surface area contributed by atoms with E-state index >= 15 is 0 Å². The molecule has 106 valence electrons. The summed E-state index contributed by atoms with van der Waals surface area (Å²) >= 11 is 3.42. The molecule has 20 heavy (non-hydrogen) atoms. The third kappa shape index (κ3) is 3.87. The minimum atomic E-state index is -0.428. The summed E-state index contributed by atoms with van der Waals surface area (Å²) in [6, 6.07) is 7.37. The van der Waals surface area contributed by atoms with Gasteiger partial charge >= 0.3 is 5.97 Å². The average molecular weight is 339 g/mol. The first-order chi connectivity index (χ1) is 9.56. The molecule has 0 amide bonds. The third-order valence-corrected chi connectivity index (χ3v) is 3.17. The van der Waals surface area contributed by atoms with Crippen molar-refractivity contribution in [3.63, 3.8) is 0 Å². The standard InChI is InChI=1S/C15H15BrO4/c1-10-6-12(16)7-11(2)15(10)20-9-14(17)19-8-13-4-3-5-18-13/h3-7H,8-9H2,1-2H3. The maximum Gasteiger partial charge on any atom is 0.344 e. The highest BCUT2D eigenvalue weighted by Gasteiger charge is 2.10. The second kappa shape index (κ2) is 6.61. The van der Waals surface area contributed by atoms with Gasteiger partial charge in [-0.1, -0.05) is 15.9 Å². The van der Waals surface area contributed by atoms with E-state index in [9.17, 15) is 4.79 Å². The summed E-state index contributed by atoms with van der Waals surface area (Å²) in [5, 5.41) is 0. The minimum absolute atomic E-state index is 0.119. The van der Waals surface area contributed by atoms with Gasteiger partial charge in [0.2, 0.25) is 0 Å². The van der Waals surface area contributed by atoms with Crippen LogP contribution in [0.2, 0.25) is 0 Å². The number of carbonyl (C=O) groups excluding carboxylic acids is 1. The molecule has 2 rings (SSSR count). The molecule has 1 aromatic heterocycles. The van der Waals surface area contributed by atoms with Crippen molar-refractivity contribution in [1.82, 2.24) is 0 Å². The molecule has 0 aliphatic carbocycles. The molecule has 0 saturated carbocycles. The summed E-state index contributed by atoms with van der Waals surface area (Å²) in [6.45, 7) is 3.86. The van der Waals surface area contributed by atoms with Crippen molar-refractivity contribution >= 4 is 21.9 Å². The number of hydrogen-bond acceptors (Lipinski definition) is 4. The van der Waals surface area contributed by atoms with Gasteiger partial charge in [0.15, 0.2) is 6.61 Å². The van der Waals surface area contributed by atoms with Gasteiger partial charge in [-0.05, 0) is 49.2 Å². The lowest BCUT2D eigenvalue weighted by Gasteiger charge is -2.12. The Bertz CT molecular complexity index is 567. The van der Waals surface area contributed by atoms with E-state index in [-0.39, 0.29) is 13.2 Å². The summed E-state index contributed by atoms with van der Waals surface area (Å²) in [5.74, 6) is 0.889. The normalized spacial score (nSPS) is 10.3. The lowest BCUT2D eigenvalue weighted by atomic mass is 10.1. The van der Waals surface area contributed by atoms with Crippen LogP contribution >= 0.6 is 15.9 Å². The molecule has 0 unspecified atom stereocenters. The van der Waals surface area contributed by atoms with Gasteiger partial charge < -0.3 is 13.9 Å². The van der Waals surface area contributed by atoms with Crippen LogP contribution in [0, 0.1) is 13.8 Å². The first-order valence-electron chi connectivity index (χ1n) is 6.14. The van der Waals surface area contributed by atoms with Crippen molar-refractivity contribution in [1.29, 1.82) is 0 Å². The molecule has 0 aliphatic heterocycles. The SMILES string of the molecule is Cc1cc(Br)cc(C)c1OCC(=O)OCc1ccco1. The van der Waals surface area contributed by atoms with Gasteiger partial charge in [-0.2, -0.15) is 0 Å². The highest BCUT2D eigenvalue weighted by Crippen LogP contribution is 2.27. The first kappa shape index (κ1) is 14.7. The Morgan fingerprint density at radius 1 is 1.30 bits per heavy atom. The van der Waals surface area contributed by atoms with Gasteiger partial charge in [-0.3, -0.25) is 0 Å². The smallest absolute Gasteiger partial charge is 0.344 e. The molecule has 1 heterocycles. The van der Waals surface area contributed by atoms with E-state index in [0.29, 0.717) is 11.5 Å². The van der Waals surface area contributed by atoms with Crippen LogP contribution in [0.3, 0.4) is 0 Å². The predicted molar refractivity (Wildman–Crippen MR) is 77.6 cm³/mol. The first-order valence-corrected chi connectivity index (χ1v) is 6.93. The van der Waals surface area contributed by atoms with Crippen LogP contribution in [0.25, 0.3) is 0 Å². The fraction of sp³-hybridized carbons (Fsp3) is 0.267. The van der Waals surface area contributed by atoms with Crippen LogP contribution in [-0.4, -0.2) is 12.6 Å². The van der Waals surface area contributed by atoms with Gasteiger partial charge in [0.05, 0.1) is 6.26 Å². The Morgan fingerprint density at radius 2 is 2.00 bits per heavy atom. The molecular formula is C15H15BrO4. The molecule has 0 atom stereocenters. The Morgan fingerprint density at radius 3 is 2.60 bits per heavy atom. The zero-order valence-electron chi connectivity index (χ0n) is 11.3. The van der Waals surface area contributed by atoms with Crippen LogP contribution in [0.15, 0.2) is 39.4 Å².